The van der Waals surface area contributed by atoms with Crippen LogP contribution in [0.2, 0.25) is 0 Å². The molecular weight excluding hydrogens is 268 g/mol. The quantitative estimate of drug-likeness (QED) is 0.772. The number of amides is 1. The van der Waals surface area contributed by atoms with Crippen LogP contribution >= 0.6 is 0 Å². The Morgan fingerprint density at radius 2 is 2.10 bits per heavy atom. The second-order valence-electron chi connectivity index (χ2n) is 5.18. The molecule has 112 valence electrons. The van der Waals surface area contributed by atoms with Crippen molar-refractivity contribution in [2.24, 2.45) is 0 Å². The molecule has 0 saturated carbocycles. The number of aromatic nitrogens is 3. The summed E-state index contributed by atoms with van der Waals surface area (Å²) in [7, 11) is 0. The molecule has 7 nitrogen and oxygen atoms in total. The van der Waals surface area contributed by atoms with E-state index in [0.29, 0.717) is 6.54 Å². The van der Waals surface area contributed by atoms with Crippen molar-refractivity contribution in [3.8, 4) is 0 Å². The van der Waals surface area contributed by atoms with Gasteiger partial charge in [0.1, 0.15) is 12.1 Å². The predicted octanol–water partition coefficient (Wildman–Crippen LogP) is -0.547. The second kappa shape index (κ2) is 6.64. The average molecular weight is 288 g/mol. The van der Waals surface area contributed by atoms with Crippen LogP contribution in [-0.2, 0) is 11.3 Å². The van der Waals surface area contributed by atoms with Gasteiger partial charge in [-0.05, 0) is 12.1 Å². The molecule has 2 N–H and O–H groups in total. The lowest BCUT2D eigenvalue weighted by atomic mass is 10.3. The first-order chi connectivity index (χ1) is 10.3. The van der Waals surface area contributed by atoms with E-state index >= 15 is 0 Å². The maximum Gasteiger partial charge on any atom is 0.241 e. The summed E-state index contributed by atoms with van der Waals surface area (Å²) in [5.41, 5.74) is 1.70. The van der Waals surface area contributed by atoms with Crippen LogP contribution in [0.25, 0.3) is 11.0 Å². The number of hydrogen-bond acceptors (Lipinski definition) is 5. The first-order valence-corrected chi connectivity index (χ1v) is 7.31. The molecule has 1 saturated heterocycles. The fourth-order valence-corrected chi connectivity index (χ4v) is 2.51. The van der Waals surface area contributed by atoms with Crippen LogP contribution in [0.4, 0.5) is 0 Å². The maximum absolute atomic E-state index is 12.0. The summed E-state index contributed by atoms with van der Waals surface area (Å²) >= 11 is 0. The van der Waals surface area contributed by atoms with Crippen LogP contribution in [-0.4, -0.2) is 65.1 Å². The molecule has 1 aromatic heterocycles. The van der Waals surface area contributed by atoms with Crippen molar-refractivity contribution < 1.29 is 4.79 Å². The number of hydrogen-bond donors (Lipinski definition) is 2. The summed E-state index contributed by atoms with van der Waals surface area (Å²) in [5, 5.41) is 14.3. The zero-order valence-corrected chi connectivity index (χ0v) is 12.0. The van der Waals surface area contributed by atoms with E-state index in [2.05, 4.69) is 25.8 Å². The molecule has 0 bridgehead atoms. The minimum absolute atomic E-state index is 0.0270. The second-order valence-corrected chi connectivity index (χ2v) is 5.18. The SMILES string of the molecule is O=C(Cn1nnc2ccccc21)NCCN1CCNCC1. The van der Waals surface area contributed by atoms with Gasteiger partial charge in [-0.2, -0.15) is 0 Å². The lowest BCUT2D eigenvalue weighted by Gasteiger charge is -2.27. The fourth-order valence-electron chi connectivity index (χ4n) is 2.51. The van der Waals surface area contributed by atoms with Gasteiger partial charge in [0.2, 0.25) is 5.91 Å². The molecule has 1 aromatic carbocycles. The smallest absolute Gasteiger partial charge is 0.241 e. The van der Waals surface area contributed by atoms with Gasteiger partial charge in [-0.3, -0.25) is 9.69 Å². The van der Waals surface area contributed by atoms with Crippen molar-refractivity contribution in [3.63, 3.8) is 0 Å². The van der Waals surface area contributed by atoms with E-state index in [4.69, 9.17) is 0 Å². The molecule has 1 amide bonds. The number of carbonyl (C=O) groups is 1. The van der Waals surface area contributed by atoms with E-state index in [0.717, 1.165) is 43.8 Å². The highest BCUT2D eigenvalue weighted by molar-refractivity contribution is 5.79. The number of piperazine rings is 1. The standard InChI is InChI=1S/C14H20N6O/c21-14(16-7-10-19-8-5-15-6-9-19)11-20-13-4-2-1-3-12(13)17-18-20/h1-4,15H,5-11H2,(H,16,21). The third-order valence-electron chi connectivity index (χ3n) is 3.67. The average Bonchev–Trinajstić information content (AvgIpc) is 2.92. The summed E-state index contributed by atoms with van der Waals surface area (Å²) in [6.45, 7) is 5.92. The highest BCUT2D eigenvalue weighted by Crippen LogP contribution is 2.08. The summed E-state index contributed by atoms with van der Waals surface area (Å²) in [5.74, 6) is -0.0270. The molecule has 21 heavy (non-hydrogen) atoms. The van der Waals surface area contributed by atoms with Crippen molar-refractivity contribution in [2.45, 2.75) is 6.54 Å². The Bertz CT molecular complexity index is 604. The highest BCUT2D eigenvalue weighted by Gasteiger charge is 2.11. The fraction of sp³-hybridized carbons (Fsp3) is 0.500. The van der Waals surface area contributed by atoms with Crippen LogP contribution < -0.4 is 10.6 Å². The lowest BCUT2D eigenvalue weighted by Crippen LogP contribution is -2.46. The molecule has 0 aliphatic carbocycles. The Hall–Kier alpha value is -1.99. The third-order valence-corrected chi connectivity index (χ3v) is 3.67. The van der Waals surface area contributed by atoms with Gasteiger partial charge in [-0.25, -0.2) is 4.68 Å². The Kier molecular flexibility index (Phi) is 4.42. The highest BCUT2D eigenvalue weighted by atomic mass is 16.2. The van der Waals surface area contributed by atoms with E-state index in [1.54, 1.807) is 4.68 Å². The number of carbonyl (C=O) groups excluding carboxylic acids is 1. The normalized spacial score (nSPS) is 16.2. The molecule has 3 rings (SSSR count). The van der Waals surface area contributed by atoms with E-state index < -0.39 is 0 Å². The van der Waals surface area contributed by atoms with Crippen LogP contribution in [0.5, 0.6) is 0 Å². The molecule has 0 radical (unpaired) electrons. The van der Waals surface area contributed by atoms with Gasteiger partial charge >= 0.3 is 0 Å². The lowest BCUT2D eigenvalue weighted by molar-refractivity contribution is -0.121. The van der Waals surface area contributed by atoms with Gasteiger partial charge in [0.05, 0.1) is 5.52 Å². The minimum atomic E-state index is -0.0270. The van der Waals surface area contributed by atoms with Gasteiger partial charge in [0.25, 0.3) is 0 Å². The molecule has 1 aliphatic rings. The minimum Gasteiger partial charge on any atom is -0.353 e. The molecule has 1 aliphatic heterocycles. The Labute approximate surface area is 123 Å². The van der Waals surface area contributed by atoms with Gasteiger partial charge in [0.15, 0.2) is 0 Å². The first kappa shape index (κ1) is 14.0. The zero-order valence-electron chi connectivity index (χ0n) is 12.0. The van der Waals surface area contributed by atoms with Gasteiger partial charge in [-0.1, -0.05) is 17.3 Å². The van der Waals surface area contributed by atoms with Crippen LogP contribution in [0, 0.1) is 0 Å². The van der Waals surface area contributed by atoms with Gasteiger partial charge < -0.3 is 10.6 Å². The molecular formula is C14H20N6O. The topological polar surface area (TPSA) is 75.1 Å². The molecule has 2 aromatic rings. The number of benzene rings is 1. The number of rotatable bonds is 5. The number of nitrogens with zero attached hydrogens (tertiary/aromatic N) is 4. The summed E-state index contributed by atoms with van der Waals surface area (Å²) in [6.07, 6.45) is 0. The summed E-state index contributed by atoms with van der Waals surface area (Å²) in [4.78, 5) is 14.3. The molecule has 0 atom stereocenters. The van der Waals surface area contributed by atoms with Gasteiger partial charge in [0, 0.05) is 39.3 Å². The van der Waals surface area contributed by atoms with E-state index in [-0.39, 0.29) is 12.5 Å². The summed E-state index contributed by atoms with van der Waals surface area (Å²) < 4.78 is 1.63. The van der Waals surface area contributed by atoms with Crippen molar-refractivity contribution in [3.05, 3.63) is 24.3 Å². The number of para-hydroxylation sites is 1. The number of fused-ring (bicyclic) bond motifs is 1. The zero-order chi connectivity index (χ0) is 14.5. The first-order valence-electron chi connectivity index (χ1n) is 7.31. The van der Waals surface area contributed by atoms with E-state index in [1.165, 1.54) is 0 Å². The third kappa shape index (κ3) is 3.56. The van der Waals surface area contributed by atoms with Crippen molar-refractivity contribution >= 4 is 16.9 Å². The molecule has 1 fully saturated rings. The van der Waals surface area contributed by atoms with Crippen LogP contribution in [0.3, 0.4) is 0 Å². The predicted molar refractivity (Wildman–Crippen MR) is 79.8 cm³/mol. The number of nitrogens with one attached hydrogen (secondary N) is 2. The van der Waals surface area contributed by atoms with E-state index in [9.17, 15) is 4.79 Å². The molecule has 7 heteroatoms. The maximum atomic E-state index is 12.0. The monoisotopic (exact) mass is 288 g/mol. The molecule has 2 heterocycles. The van der Waals surface area contributed by atoms with Crippen molar-refractivity contribution in [1.82, 2.24) is 30.5 Å². The van der Waals surface area contributed by atoms with Crippen LogP contribution in [0.15, 0.2) is 24.3 Å². The Morgan fingerprint density at radius 3 is 2.95 bits per heavy atom. The van der Waals surface area contributed by atoms with E-state index in [1.807, 2.05) is 24.3 Å². The van der Waals surface area contributed by atoms with Crippen LogP contribution in [0.1, 0.15) is 0 Å². The summed E-state index contributed by atoms with van der Waals surface area (Å²) in [6, 6.07) is 7.64. The molecule has 0 spiro atoms. The largest absolute Gasteiger partial charge is 0.353 e. The Morgan fingerprint density at radius 1 is 1.29 bits per heavy atom. The van der Waals surface area contributed by atoms with Crippen molar-refractivity contribution in [1.29, 1.82) is 0 Å². The van der Waals surface area contributed by atoms with Crippen molar-refractivity contribution in [2.75, 3.05) is 39.3 Å². The molecule has 0 unspecified atom stereocenters. The Balaban J connectivity index is 1.47. The van der Waals surface area contributed by atoms with Gasteiger partial charge in [-0.15, -0.1) is 5.10 Å².